The third kappa shape index (κ3) is 2.55. The molecule has 1 aromatic carbocycles. The molecule has 6 heteroatoms. The van der Waals surface area contributed by atoms with Gasteiger partial charge in [0.05, 0.1) is 7.11 Å². The summed E-state index contributed by atoms with van der Waals surface area (Å²) in [5.74, 6) is 1.60. The molecule has 0 atom stereocenters. The van der Waals surface area contributed by atoms with Crippen LogP contribution in [0.2, 0.25) is 0 Å². The smallest absolute Gasteiger partial charge is 0.222 e. The first-order chi connectivity index (χ1) is 10.3. The second-order valence-corrected chi connectivity index (χ2v) is 4.40. The molecule has 0 aliphatic carbocycles. The molecule has 0 saturated carbocycles. The predicted octanol–water partition coefficient (Wildman–Crippen LogP) is 2.31. The first kappa shape index (κ1) is 13.1. The minimum atomic E-state index is 0.381. The van der Waals surface area contributed by atoms with Gasteiger partial charge in [-0.2, -0.15) is 0 Å². The fraction of sp³-hybridized carbons (Fsp3) is 0.133. The first-order valence-electron chi connectivity index (χ1n) is 6.42. The number of rotatable bonds is 3. The van der Waals surface area contributed by atoms with Crippen molar-refractivity contribution in [1.29, 1.82) is 0 Å². The lowest BCUT2D eigenvalue weighted by Crippen LogP contribution is -2.02. The van der Waals surface area contributed by atoms with Gasteiger partial charge in [-0.15, -0.1) is 20.4 Å². The van der Waals surface area contributed by atoms with Gasteiger partial charge >= 0.3 is 0 Å². The zero-order valence-corrected chi connectivity index (χ0v) is 11.7. The molecule has 3 rings (SSSR count). The van der Waals surface area contributed by atoms with Crippen LogP contribution >= 0.6 is 0 Å². The van der Waals surface area contributed by atoms with Gasteiger partial charge in [-0.25, -0.2) is 0 Å². The molecule has 0 N–H and O–H groups in total. The molecule has 21 heavy (non-hydrogen) atoms. The molecule has 0 radical (unpaired) electrons. The maximum absolute atomic E-state index is 5.26. The van der Waals surface area contributed by atoms with Gasteiger partial charge < -0.3 is 4.74 Å². The van der Waals surface area contributed by atoms with Gasteiger partial charge in [0, 0.05) is 17.3 Å². The number of hydrogen-bond donors (Lipinski definition) is 0. The number of nitrogens with zero attached hydrogens (tertiary/aromatic N) is 5. The zero-order valence-electron chi connectivity index (χ0n) is 11.7. The molecule has 6 nitrogen and oxygen atoms in total. The van der Waals surface area contributed by atoms with Crippen LogP contribution in [0.1, 0.15) is 5.56 Å². The molecule has 104 valence electrons. The van der Waals surface area contributed by atoms with Crippen molar-refractivity contribution in [2.75, 3.05) is 7.11 Å². The van der Waals surface area contributed by atoms with Crippen LogP contribution in [0, 0.1) is 6.92 Å². The van der Waals surface area contributed by atoms with Gasteiger partial charge in [0.2, 0.25) is 11.6 Å². The Hall–Kier alpha value is -2.89. The molecular weight excluding hydrogens is 266 g/mol. The standard InChI is InChI=1S/C15H13N5O/c1-10-12(21-2)8-9-16-13(10)15-19-17-14(18-20-15)11-6-4-3-5-7-11/h3-9H,1-2H3. The monoisotopic (exact) mass is 279 g/mol. The summed E-state index contributed by atoms with van der Waals surface area (Å²) in [5, 5.41) is 16.5. The minimum Gasteiger partial charge on any atom is -0.496 e. The number of ether oxygens (including phenoxy) is 1. The van der Waals surface area contributed by atoms with E-state index < -0.39 is 0 Å². The van der Waals surface area contributed by atoms with Crippen molar-refractivity contribution in [3.8, 4) is 28.7 Å². The summed E-state index contributed by atoms with van der Waals surface area (Å²) in [4.78, 5) is 4.27. The second kappa shape index (κ2) is 5.62. The van der Waals surface area contributed by atoms with E-state index >= 15 is 0 Å². The highest BCUT2D eigenvalue weighted by atomic mass is 16.5. The van der Waals surface area contributed by atoms with E-state index in [2.05, 4.69) is 25.4 Å². The van der Waals surface area contributed by atoms with Crippen LogP contribution in [0.5, 0.6) is 5.75 Å². The lowest BCUT2D eigenvalue weighted by Gasteiger charge is -2.07. The predicted molar refractivity (Wildman–Crippen MR) is 77.6 cm³/mol. The lowest BCUT2D eigenvalue weighted by molar-refractivity contribution is 0.411. The van der Waals surface area contributed by atoms with Crippen molar-refractivity contribution in [3.05, 3.63) is 48.2 Å². The van der Waals surface area contributed by atoms with Crippen LogP contribution in [0.25, 0.3) is 22.9 Å². The Balaban J connectivity index is 1.99. The van der Waals surface area contributed by atoms with E-state index in [-0.39, 0.29) is 0 Å². The Labute approximate surface area is 121 Å². The van der Waals surface area contributed by atoms with Crippen LogP contribution < -0.4 is 4.74 Å². The molecule has 0 aliphatic heterocycles. The Morgan fingerprint density at radius 3 is 2.19 bits per heavy atom. The van der Waals surface area contributed by atoms with Gasteiger partial charge in [0.1, 0.15) is 11.4 Å². The van der Waals surface area contributed by atoms with E-state index in [9.17, 15) is 0 Å². The zero-order chi connectivity index (χ0) is 14.7. The summed E-state index contributed by atoms with van der Waals surface area (Å²) in [6.07, 6.45) is 1.65. The molecule has 0 aliphatic rings. The molecule has 0 amide bonds. The highest BCUT2D eigenvalue weighted by molar-refractivity contribution is 5.59. The van der Waals surface area contributed by atoms with Crippen LogP contribution in [-0.4, -0.2) is 32.5 Å². The topological polar surface area (TPSA) is 73.7 Å². The maximum atomic E-state index is 5.26. The first-order valence-corrected chi connectivity index (χ1v) is 6.42. The van der Waals surface area contributed by atoms with E-state index in [1.807, 2.05) is 37.3 Å². The Bertz CT molecular complexity index is 744. The highest BCUT2D eigenvalue weighted by Crippen LogP contribution is 2.24. The van der Waals surface area contributed by atoms with Crippen LogP contribution in [0.15, 0.2) is 42.6 Å². The van der Waals surface area contributed by atoms with E-state index in [1.54, 1.807) is 19.4 Å². The van der Waals surface area contributed by atoms with Crippen molar-refractivity contribution in [2.45, 2.75) is 6.92 Å². The Morgan fingerprint density at radius 2 is 1.52 bits per heavy atom. The fourth-order valence-corrected chi connectivity index (χ4v) is 1.99. The van der Waals surface area contributed by atoms with Gasteiger partial charge in [0.15, 0.2) is 0 Å². The van der Waals surface area contributed by atoms with Crippen molar-refractivity contribution in [2.24, 2.45) is 0 Å². The molecule has 2 heterocycles. The van der Waals surface area contributed by atoms with E-state index in [4.69, 9.17) is 4.74 Å². The number of aromatic nitrogens is 5. The second-order valence-electron chi connectivity index (χ2n) is 4.40. The summed E-state index contributed by atoms with van der Waals surface area (Å²) >= 11 is 0. The van der Waals surface area contributed by atoms with Gasteiger partial charge in [-0.1, -0.05) is 30.3 Å². The SMILES string of the molecule is COc1ccnc(-c2nnc(-c3ccccc3)nn2)c1C. The molecule has 0 bridgehead atoms. The summed E-state index contributed by atoms with van der Waals surface area (Å²) in [5.41, 5.74) is 2.35. The third-order valence-corrected chi connectivity index (χ3v) is 3.10. The number of pyridine rings is 1. The van der Waals surface area contributed by atoms with Crippen molar-refractivity contribution in [3.63, 3.8) is 0 Å². The minimum absolute atomic E-state index is 0.381. The van der Waals surface area contributed by atoms with E-state index in [0.717, 1.165) is 16.9 Å². The van der Waals surface area contributed by atoms with E-state index in [0.29, 0.717) is 17.3 Å². The molecule has 0 unspecified atom stereocenters. The number of benzene rings is 1. The summed E-state index contributed by atoms with van der Waals surface area (Å²) < 4.78 is 5.26. The fourth-order valence-electron chi connectivity index (χ4n) is 1.99. The normalized spacial score (nSPS) is 10.4. The van der Waals surface area contributed by atoms with Gasteiger partial charge in [-0.3, -0.25) is 4.98 Å². The molecule has 0 fully saturated rings. The van der Waals surface area contributed by atoms with Crippen molar-refractivity contribution < 1.29 is 4.74 Å². The lowest BCUT2D eigenvalue weighted by atomic mass is 10.2. The average molecular weight is 279 g/mol. The van der Waals surface area contributed by atoms with Crippen LogP contribution in [0.4, 0.5) is 0 Å². The Morgan fingerprint density at radius 1 is 0.857 bits per heavy atom. The molecular formula is C15H13N5O. The molecule has 2 aromatic heterocycles. The average Bonchev–Trinajstić information content (AvgIpc) is 2.56. The van der Waals surface area contributed by atoms with Crippen molar-refractivity contribution in [1.82, 2.24) is 25.4 Å². The number of methoxy groups -OCH3 is 1. The molecule has 0 saturated heterocycles. The third-order valence-electron chi connectivity index (χ3n) is 3.10. The number of hydrogen-bond acceptors (Lipinski definition) is 6. The van der Waals surface area contributed by atoms with E-state index in [1.165, 1.54) is 0 Å². The summed E-state index contributed by atoms with van der Waals surface area (Å²) in [7, 11) is 1.61. The quantitative estimate of drug-likeness (QED) is 0.732. The summed E-state index contributed by atoms with van der Waals surface area (Å²) in [6.45, 7) is 1.90. The summed E-state index contributed by atoms with van der Waals surface area (Å²) in [6, 6.07) is 11.4. The van der Waals surface area contributed by atoms with Crippen LogP contribution in [-0.2, 0) is 0 Å². The highest BCUT2D eigenvalue weighted by Gasteiger charge is 2.12. The largest absolute Gasteiger partial charge is 0.496 e. The van der Waals surface area contributed by atoms with Crippen LogP contribution in [0.3, 0.4) is 0 Å². The Kier molecular flexibility index (Phi) is 3.51. The molecule has 3 aromatic rings. The maximum Gasteiger partial charge on any atom is 0.222 e. The van der Waals surface area contributed by atoms with Gasteiger partial charge in [-0.05, 0) is 13.0 Å². The molecule has 0 spiro atoms. The van der Waals surface area contributed by atoms with Crippen molar-refractivity contribution >= 4 is 0 Å². The van der Waals surface area contributed by atoms with Gasteiger partial charge in [0.25, 0.3) is 0 Å².